The Morgan fingerprint density at radius 3 is 2.53 bits per heavy atom. The zero-order valence-corrected chi connectivity index (χ0v) is 29.2. The smallest absolute Gasteiger partial charge is 0.456 e. The monoisotopic (exact) mass is 759 g/mol. The van der Waals surface area contributed by atoms with Crippen LogP contribution in [0.5, 0.6) is 0 Å². The standard InChI is InChI=1S/C23H32N5O14P3S2/c1-12(2)10-46-47-13(3)14-6-4-5-7-15(14)22(30)40-16-8-18(28-11-25-19-20(28)26-23(24)27-21(19)29)39-17(16)9-38-44(34,35)42-45(36,37)41-43(31,32)33/h4-7,11-13,16-18H,8-10H2,1-3H3,(H,34,35)(H,36,37)(H2,31,32,33)(H3,24,26,27,29)/t13?,16?,17-,18-/m1/s1. The number of esters is 1. The molecule has 3 aromatic rings. The van der Waals surface area contributed by atoms with Gasteiger partial charge in [0.05, 0.1) is 18.5 Å². The third-order valence-corrected chi connectivity index (χ3v) is 13.2. The van der Waals surface area contributed by atoms with Crippen LogP contribution in [0.3, 0.4) is 0 Å². The largest absolute Gasteiger partial charge is 0.490 e. The van der Waals surface area contributed by atoms with Gasteiger partial charge in [0.25, 0.3) is 5.56 Å². The van der Waals surface area contributed by atoms with Crippen molar-refractivity contribution < 1.29 is 60.7 Å². The molecule has 0 amide bonds. The van der Waals surface area contributed by atoms with Gasteiger partial charge >= 0.3 is 29.4 Å². The first-order valence-corrected chi connectivity index (χ1v) is 20.5. The van der Waals surface area contributed by atoms with E-state index in [9.17, 15) is 33.1 Å². The van der Waals surface area contributed by atoms with Gasteiger partial charge in [0.2, 0.25) is 5.95 Å². The molecule has 1 fully saturated rings. The average molecular weight is 760 g/mol. The average Bonchev–Trinajstić information content (AvgIpc) is 3.53. The topological polar surface area (TPSA) is 285 Å². The molecule has 0 aliphatic carbocycles. The van der Waals surface area contributed by atoms with E-state index in [1.807, 2.05) is 6.92 Å². The van der Waals surface area contributed by atoms with Crippen LogP contribution >= 0.6 is 45.1 Å². The molecule has 1 saturated heterocycles. The minimum Gasteiger partial charge on any atom is -0.456 e. The fourth-order valence-corrected chi connectivity index (χ4v) is 10.2. The first-order chi connectivity index (χ1) is 21.8. The predicted molar refractivity (Wildman–Crippen MR) is 170 cm³/mol. The fraction of sp³-hybridized carbons (Fsp3) is 0.478. The number of benzene rings is 1. The number of ether oxygens (including phenoxy) is 2. The minimum absolute atomic E-state index is 0.0185. The quantitative estimate of drug-likeness (QED) is 0.0732. The number of hydrogen-bond donors (Lipinski definition) is 6. The van der Waals surface area contributed by atoms with Crippen molar-refractivity contribution in [1.82, 2.24) is 19.5 Å². The summed E-state index contributed by atoms with van der Waals surface area (Å²) in [5, 5.41) is -0.108. The Morgan fingerprint density at radius 1 is 1.15 bits per heavy atom. The molecule has 0 saturated carbocycles. The number of aromatic amines is 1. The Bertz CT molecular complexity index is 1800. The van der Waals surface area contributed by atoms with Gasteiger partial charge in [-0.25, -0.2) is 23.5 Å². The molecule has 6 atom stereocenters. The van der Waals surface area contributed by atoms with Crippen molar-refractivity contribution in [3.8, 4) is 0 Å². The predicted octanol–water partition coefficient (Wildman–Crippen LogP) is 3.66. The first-order valence-electron chi connectivity index (χ1n) is 13.6. The fourth-order valence-electron chi connectivity index (χ4n) is 4.34. The van der Waals surface area contributed by atoms with E-state index in [2.05, 4.69) is 37.4 Å². The molecule has 0 spiro atoms. The molecule has 1 aliphatic heterocycles. The number of H-pyrrole nitrogens is 1. The van der Waals surface area contributed by atoms with Crippen LogP contribution in [0.2, 0.25) is 0 Å². The lowest BCUT2D eigenvalue weighted by Gasteiger charge is -2.22. The number of carbonyl (C=O) groups is 1. The van der Waals surface area contributed by atoms with Crippen molar-refractivity contribution in [1.29, 1.82) is 0 Å². The maximum atomic E-state index is 13.6. The lowest BCUT2D eigenvalue weighted by Crippen LogP contribution is -2.31. The normalized spacial score (nSPS) is 21.8. The SMILES string of the molecule is CC(C)CSSC(C)c1ccccc1C(=O)OC1C[C@H](n2cnc3c(=O)[nH]c(N)nc32)O[C@@H]1COP(=O)(O)OP(=O)(O)OP(=O)(O)O. The number of imidazole rings is 1. The highest BCUT2D eigenvalue weighted by Gasteiger charge is 2.44. The van der Waals surface area contributed by atoms with E-state index in [1.54, 1.807) is 45.9 Å². The highest BCUT2D eigenvalue weighted by atomic mass is 33.1. The number of carbonyl (C=O) groups excluding carboxylic acids is 1. The first kappa shape index (κ1) is 37.7. The molecule has 19 nitrogen and oxygen atoms in total. The summed E-state index contributed by atoms with van der Waals surface area (Å²) in [7, 11) is -13.7. The summed E-state index contributed by atoms with van der Waals surface area (Å²) in [4.78, 5) is 73.3. The summed E-state index contributed by atoms with van der Waals surface area (Å²) in [6, 6.07) is 6.81. The van der Waals surface area contributed by atoms with Crippen molar-refractivity contribution >= 4 is 68.1 Å². The zero-order valence-electron chi connectivity index (χ0n) is 24.8. The second kappa shape index (κ2) is 15.2. The van der Waals surface area contributed by atoms with Gasteiger partial charge in [-0.15, -0.1) is 0 Å². The van der Waals surface area contributed by atoms with Crippen molar-refractivity contribution in [2.45, 2.75) is 50.9 Å². The van der Waals surface area contributed by atoms with Gasteiger partial charge in [-0.1, -0.05) is 53.6 Å². The molecule has 3 heterocycles. The number of aromatic nitrogens is 4. The maximum Gasteiger partial charge on any atom is 0.490 e. The second-order valence-electron chi connectivity index (χ2n) is 10.5. The van der Waals surface area contributed by atoms with E-state index in [1.165, 1.54) is 10.9 Å². The number of nitrogens with zero attached hydrogens (tertiary/aromatic N) is 3. The molecule has 1 aromatic carbocycles. The van der Waals surface area contributed by atoms with Gasteiger partial charge in [0.15, 0.2) is 11.2 Å². The highest BCUT2D eigenvalue weighted by Crippen LogP contribution is 2.66. The number of nitrogens with one attached hydrogen (secondary N) is 1. The third-order valence-electron chi connectivity index (χ3n) is 6.25. The number of nitrogen functional groups attached to an aromatic ring is 1. The molecule has 7 N–H and O–H groups in total. The third kappa shape index (κ3) is 10.4. The lowest BCUT2D eigenvalue weighted by atomic mass is 10.0. The number of phosphoric acid groups is 3. The molecular formula is C23H32N5O14P3S2. The Kier molecular flexibility index (Phi) is 12.2. The van der Waals surface area contributed by atoms with Gasteiger partial charge in [-0.2, -0.15) is 13.6 Å². The Balaban J connectivity index is 1.58. The van der Waals surface area contributed by atoms with E-state index < -0.39 is 60.0 Å². The van der Waals surface area contributed by atoms with E-state index in [-0.39, 0.29) is 34.3 Å². The molecule has 2 aromatic heterocycles. The Labute approximate surface area is 274 Å². The molecule has 0 radical (unpaired) electrons. The van der Waals surface area contributed by atoms with Crippen LogP contribution in [0.15, 0.2) is 35.4 Å². The minimum atomic E-state index is -5.79. The molecule has 260 valence electrons. The molecule has 0 bridgehead atoms. The summed E-state index contributed by atoms with van der Waals surface area (Å²) in [5.74, 6) is 0.391. The van der Waals surface area contributed by atoms with Crippen LogP contribution in [-0.4, -0.2) is 69.6 Å². The summed E-state index contributed by atoms with van der Waals surface area (Å²) in [6.45, 7) is 5.22. The van der Waals surface area contributed by atoms with E-state index in [4.69, 9.17) is 29.5 Å². The molecular weight excluding hydrogens is 727 g/mol. The molecule has 4 unspecified atom stereocenters. The number of phosphoric ester groups is 1. The van der Waals surface area contributed by atoms with Crippen LogP contribution in [0.4, 0.5) is 5.95 Å². The molecule has 1 aliphatic rings. The lowest BCUT2D eigenvalue weighted by molar-refractivity contribution is -0.0490. The number of fused-ring (bicyclic) bond motifs is 1. The summed E-state index contributed by atoms with van der Waals surface area (Å²) >= 11 is 0. The van der Waals surface area contributed by atoms with Gasteiger partial charge in [-0.05, 0) is 24.5 Å². The molecule has 47 heavy (non-hydrogen) atoms. The number of nitrogens with two attached hydrogens (primary N) is 1. The zero-order chi connectivity index (χ0) is 34.7. The number of rotatable bonds is 15. The molecule has 24 heteroatoms. The van der Waals surface area contributed by atoms with Crippen LogP contribution in [0, 0.1) is 5.92 Å². The van der Waals surface area contributed by atoms with Gasteiger partial charge < -0.3 is 34.8 Å². The molecule has 4 rings (SSSR count). The van der Waals surface area contributed by atoms with Crippen LogP contribution in [0.1, 0.15) is 54.6 Å². The number of hydrogen-bond acceptors (Lipinski definition) is 15. The van der Waals surface area contributed by atoms with E-state index in [0.717, 1.165) is 5.75 Å². The van der Waals surface area contributed by atoms with Crippen molar-refractivity contribution in [2.24, 2.45) is 5.92 Å². The number of anilines is 1. The summed E-state index contributed by atoms with van der Waals surface area (Å²) in [5.41, 5.74) is 5.94. The van der Waals surface area contributed by atoms with E-state index in [0.29, 0.717) is 11.5 Å². The van der Waals surface area contributed by atoms with Gasteiger partial charge in [0, 0.05) is 17.4 Å². The van der Waals surface area contributed by atoms with Crippen molar-refractivity contribution in [2.75, 3.05) is 18.1 Å². The summed E-state index contributed by atoms with van der Waals surface area (Å²) < 4.78 is 60.5. The second-order valence-corrected chi connectivity index (χ2v) is 17.6. The Morgan fingerprint density at radius 2 is 1.85 bits per heavy atom. The van der Waals surface area contributed by atoms with Crippen LogP contribution in [-0.2, 0) is 36.3 Å². The van der Waals surface area contributed by atoms with Crippen molar-refractivity contribution in [3.05, 3.63) is 52.1 Å². The van der Waals surface area contributed by atoms with Crippen LogP contribution in [0.25, 0.3) is 11.2 Å². The maximum absolute atomic E-state index is 13.6. The highest BCUT2D eigenvalue weighted by molar-refractivity contribution is 8.76. The van der Waals surface area contributed by atoms with Gasteiger partial charge in [0.1, 0.15) is 18.4 Å². The summed E-state index contributed by atoms with van der Waals surface area (Å²) in [6.07, 6.45) is -2.47. The van der Waals surface area contributed by atoms with Gasteiger partial charge in [-0.3, -0.25) is 18.9 Å². The van der Waals surface area contributed by atoms with Crippen LogP contribution < -0.4 is 11.3 Å². The van der Waals surface area contributed by atoms with E-state index >= 15 is 0 Å². The Hall–Kier alpha value is -2.09. The van der Waals surface area contributed by atoms with Crippen molar-refractivity contribution in [3.63, 3.8) is 0 Å².